The molecular weight excluding hydrogens is 294 g/mol. The maximum atomic E-state index is 13.0. The third-order valence-electron chi connectivity index (χ3n) is 4.02. The Morgan fingerprint density at radius 2 is 1.17 bits per heavy atom. The zero-order chi connectivity index (χ0) is 16.8. The maximum Gasteiger partial charge on any atom is 0.254 e. The van der Waals surface area contributed by atoms with Crippen LogP contribution in [0.4, 0.5) is 0 Å². The van der Waals surface area contributed by atoms with Crippen LogP contribution in [-0.4, -0.2) is 10.8 Å². The number of amides is 1. The average molecular weight is 315 g/mol. The molecule has 0 atom stereocenters. The van der Waals surface area contributed by atoms with E-state index >= 15 is 0 Å². The maximum absolute atomic E-state index is 13.0. The second-order valence-electron chi connectivity index (χ2n) is 6.00. The molecule has 0 heterocycles. The highest BCUT2D eigenvalue weighted by Gasteiger charge is 2.16. The summed E-state index contributed by atoms with van der Waals surface area (Å²) in [5.41, 5.74) is 4.15. The van der Waals surface area contributed by atoms with Crippen LogP contribution in [0.25, 0.3) is 0 Å². The molecule has 3 aromatic carbocycles. The molecule has 3 aromatic rings. The second kappa shape index (κ2) is 7.60. The third-order valence-corrected chi connectivity index (χ3v) is 4.02. The first-order chi connectivity index (χ1) is 11.7. The van der Waals surface area contributed by atoms with Gasteiger partial charge in [-0.05, 0) is 30.2 Å². The summed E-state index contributed by atoms with van der Waals surface area (Å²) >= 11 is 0. The van der Waals surface area contributed by atoms with E-state index < -0.39 is 0 Å². The van der Waals surface area contributed by atoms with E-state index in [1.165, 1.54) is 0 Å². The minimum atomic E-state index is 0.0581. The van der Waals surface area contributed by atoms with Crippen molar-refractivity contribution in [2.45, 2.75) is 20.0 Å². The van der Waals surface area contributed by atoms with Gasteiger partial charge in [0.1, 0.15) is 0 Å². The number of hydrogen-bond donors (Lipinski definition) is 0. The van der Waals surface area contributed by atoms with Crippen LogP contribution in [-0.2, 0) is 13.1 Å². The highest BCUT2D eigenvalue weighted by molar-refractivity contribution is 5.94. The van der Waals surface area contributed by atoms with Crippen LogP contribution < -0.4 is 0 Å². The predicted octanol–water partition coefficient (Wildman–Crippen LogP) is 4.84. The second-order valence-corrected chi connectivity index (χ2v) is 6.00. The van der Waals surface area contributed by atoms with Gasteiger partial charge in [-0.3, -0.25) is 4.79 Å². The van der Waals surface area contributed by atoms with Gasteiger partial charge in [0.25, 0.3) is 5.91 Å². The Kier molecular flexibility index (Phi) is 5.07. The van der Waals surface area contributed by atoms with E-state index in [2.05, 4.69) is 24.3 Å². The summed E-state index contributed by atoms with van der Waals surface area (Å²) in [4.78, 5) is 14.9. The Labute approximate surface area is 143 Å². The molecule has 0 fully saturated rings. The number of nitrogens with zero attached hydrogens (tertiary/aromatic N) is 1. The number of carbonyl (C=O) groups excluding carboxylic acids is 1. The van der Waals surface area contributed by atoms with E-state index in [0.717, 1.165) is 22.3 Å². The molecule has 2 heteroatoms. The van der Waals surface area contributed by atoms with E-state index in [9.17, 15) is 4.79 Å². The molecule has 0 saturated heterocycles. The molecule has 0 radical (unpaired) electrons. The topological polar surface area (TPSA) is 20.3 Å². The van der Waals surface area contributed by atoms with Crippen LogP contribution in [0.15, 0.2) is 84.9 Å². The van der Waals surface area contributed by atoms with Gasteiger partial charge in [-0.2, -0.15) is 0 Å². The van der Waals surface area contributed by atoms with Crippen LogP contribution in [0.5, 0.6) is 0 Å². The van der Waals surface area contributed by atoms with E-state index in [4.69, 9.17) is 0 Å². The first-order valence-electron chi connectivity index (χ1n) is 8.16. The van der Waals surface area contributed by atoms with Gasteiger partial charge in [0.05, 0.1) is 0 Å². The van der Waals surface area contributed by atoms with Gasteiger partial charge in [0.15, 0.2) is 0 Å². The fraction of sp³-hybridized carbons (Fsp3) is 0.136. The molecule has 0 aliphatic rings. The molecule has 1 amide bonds. The first-order valence-corrected chi connectivity index (χ1v) is 8.16. The molecule has 0 aliphatic carbocycles. The Morgan fingerprint density at radius 3 is 1.62 bits per heavy atom. The summed E-state index contributed by atoms with van der Waals surface area (Å²) < 4.78 is 0. The fourth-order valence-electron chi connectivity index (χ4n) is 2.69. The fourth-order valence-corrected chi connectivity index (χ4v) is 2.69. The van der Waals surface area contributed by atoms with Gasteiger partial charge in [-0.1, -0.05) is 78.4 Å². The van der Waals surface area contributed by atoms with Gasteiger partial charge >= 0.3 is 0 Å². The molecule has 2 nitrogen and oxygen atoms in total. The average Bonchev–Trinajstić information content (AvgIpc) is 2.63. The molecule has 0 aliphatic heterocycles. The Hall–Kier alpha value is -2.87. The van der Waals surface area contributed by atoms with Crippen molar-refractivity contribution < 1.29 is 4.79 Å². The van der Waals surface area contributed by atoms with E-state index in [1.54, 1.807) is 0 Å². The third kappa shape index (κ3) is 4.11. The van der Waals surface area contributed by atoms with E-state index in [-0.39, 0.29) is 5.91 Å². The van der Waals surface area contributed by atoms with Crippen molar-refractivity contribution in [1.29, 1.82) is 0 Å². The highest BCUT2D eigenvalue weighted by Crippen LogP contribution is 2.15. The lowest BCUT2D eigenvalue weighted by atomic mass is 10.1. The summed E-state index contributed by atoms with van der Waals surface area (Å²) in [7, 11) is 0. The minimum absolute atomic E-state index is 0.0581. The number of aryl methyl sites for hydroxylation is 1. The molecule has 0 spiro atoms. The SMILES string of the molecule is Cc1ccc(C(=O)N(Cc2ccccc2)Cc2ccccc2)cc1. The molecule has 120 valence electrons. The molecule has 0 N–H and O–H groups in total. The Balaban J connectivity index is 1.85. The summed E-state index contributed by atoms with van der Waals surface area (Å²) in [6.07, 6.45) is 0. The van der Waals surface area contributed by atoms with Gasteiger partial charge in [-0.25, -0.2) is 0 Å². The van der Waals surface area contributed by atoms with Crippen LogP contribution in [0.1, 0.15) is 27.0 Å². The number of hydrogen-bond acceptors (Lipinski definition) is 1. The van der Waals surface area contributed by atoms with Crippen LogP contribution in [0, 0.1) is 6.92 Å². The molecule has 0 bridgehead atoms. The molecule has 0 saturated carbocycles. The van der Waals surface area contributed by atoms with Crippen molar-refractivity contribution in [3.63, 3.8) is 0 Å². The molecule has 3 rings (SSSR count). The number of benzene rings is 3. The van der Waals surface area contributed by atoms with Crippen LogP contribution >= 0.6 is 0 Å². The smallest absolute Gasteiger partial charge is 0.254 e. The summed E-state index contributed by atoms with van der Waals surface area (Å²) in [6, 6.07) is 28.0. The normalized spacial score (nSPS) is 10.4. The minimum Gasteiger partial charge on any atom is -0.330 e. The molecule has 0 unspecified atom stereocenters. The molecular formula is C22H21NO. The van der Waals surface area contributed by atoms with Gasteiger partial charge < -0.3 is 4.90 Å². The van der Waals surface area contributed by atoms with Crippen LogP contribution in [0.3, 0.4) is 0 Å². The highest BCUT2D eigenvalue weighted by atomic mass is 16.2. The monoisotopic (exact) mass is 315 g/mol. The zero-order valence-electron chi connectivity index (χ0n) is 13.9. The molecule has 24 heavy (non-hydrogen) atoms. The van der Waals surface area contributed by atoms with Crippen LogP contribution in [0.2, 0.25) is 0 Å². The number of rotatable bonds is 5. The van der Waals surface area contributed by atoms with Gasteiger partial charge in [-0.15, -0.1) is 0 Å². The summed E-state index contributed by atoms with van der Waals surface area (Å²) in [5.74, 6) is 0.0581. The first kappa shape index (κ1) is 16.0. The number of carbonyl (C=O) groups is 1. The lowest BCUT2D eigenvalue weighted by molar-refractivity contribution is 0.0730. The zero-order valence-corrected chi connectivity index (χ0v) is 13.9. The van der Waals surface area contributed by atoms with Crippen molar-refractivity contribution in [2.75, 3.05) is 0 Å². The van der Waals surface area contributed by atoms with E-state index in [1.807, 2.05) is 72.5 Å². The van der Waals surface area contributed by atoms with Crippen molar-refractivity contribution in [3.05, 3.63) is 107 Å². The summed E-state index contributed by atoms with van der Waals surface area (Å²) in [5, 5.41) is 0. The van der Waals surface area contributed by atoms with Crippen molar-refractivity contribution in [3.8, 4) is 0 Å². The largest absolute Gasteiger partial charge is 0.330 e. The van der Waals surface area contributed by atoms with E-state index in [0.29, 0.717) is 13.1 Å². The lowest BCUT2D eigenvalue weighted by Crippen LogP contribution is -2.30. The lowest BCUT2D eigenvalue weighted by Gasteiger charge is -2.23. The quantitative estimate of drug-likeness (QED) is 0.660. The predicted molar refractivity (Wildman–Crippen MR) is 97.6 cm³/mol. The Bertz CT molecular complexity index is 738. The van der Waals surface area contributed by atoms with Crippen molar-refractivity contribution in [1.82, 2.24) is 4.90 Å². The van der Waals surface area contributed by atoms with Crippen molar-refractivity contribution in [2.24, 2.45) is 0 Å². The standard InChI is InChI=1S/C22H21NO/c1-18-12-14-21(15-13-18)22(24)23(16-19-8-4-2-5-9-19)17-20-10-6-3-7-11-20/h2-15H,16-17H2,1H3. The van der Waals surface area contributed by atoms with Crippen molar-refractivity contribution >= 4 is 5.91 Å². The van der Waals surface area contributed by atoms with Gasteiger partial charge in [0, 0.05) is 18.7 Å². The molecule has 0 aromatic heterocycles. The van der Waals surface area contributed by atoms with Gasteiger partial charge in [0.2, 0.25) is 0 Å². The Morgan fingerprint density at radius 1 is 0.708 bits per heavy atom. The summed E-state index contributed by atoms with van der Waals surface area (Å²) in [6.45, 7) is 3.23.